The Labute approximate surface area is 185 Å². The number of sulfone groups is 1. The van der Waals surface area contributed by atoms with Crippen molar-refractivity contribution in [3.05, 3.63) is 66.4 Å². The van der Waals surface area contributed by atoms with Crippen molar-refractivity contribution >= 4 is 26.8 Å². The number of rotatable bonds is 7. The SMILES string of the molecule is CCS(=O)(=O)c1ccc(Oc2cc3nc(-c4ccccn4)[nH]c3cc2CC(=O)OC)cc1. The molecule has 1 N–H and O–H groups in total. The Bertz CT molecular complexity index is 1360. The molecular formula is C23H21N3O5S. The summed E-state index contributed by atoms with van der Waals surface area (Å²) in [6.45, 7) is 1.59. The predicted octanol–water partition coefficient (Wildman–Crippen LogP) is 3.93. The van der Waals surface area contributed by atoms with E-state index < -0.39 is 15.8 Å². The molecule has 0 spiro atoms. The molecule has 0 saturated carbocycles. The summed E-state index contributed by atoms with van der Waals surface area (Å²) >= 11 is 0. The molecule has 9 heteroatoms. The lowest BCUT2D eigenvalue weighted by atomic mass is 10.1. The van der Waals surface area contributed by atoms with Crippen LogP contribution in [0.1, 0.15) is 12.5 Å². The topological polar surface area (TPSA) is 111 Å². The van der Waals surface area contributed by atoms with Crippen LogP contribution >= 0.6 is 0 Å². The van der Waals surface area contributed by atoms with Gasteiger partial charge in [0.2, 0.25) is 0 Å². The minimum atomic E-state index is -3.30. The first-order valence-corrected chi connectivity index (χ1v) is 11.6. The van der Waals surface area contributed by atoms with Gasteiger partial charge in [0, 0.05) is 17.8 Å². The predicted molar refractivity (Wildman–Crippen MR) is 119 cm³/mol. The van der Waals surface area contributed by atoms with Crippen molar-refractivity contribution in [1.29, 1.82) is 0 Å². The summed E-state index contributed by atoms with van der Waals surface area (Å²) in [7, 11) is -1.98. The Hall–Kier alpha value is -3.72. The van der Waals surface area contributed by atoms with E-state index in [4.69, 9.17) is 9.47 Å². The molecule has 2 aromatic carbocycles. The Morgan fingerprint density at radius 3 is 2.53 bits per heavy atom. The first-order chi connectivity index (χ1) is 15.4. The fourth-order valence-corrected chi connectivity index (χ4v) is 4.06. The normalized spacial score (nSPS) is 11.4. The van der Waals surface area contributed by atoms with E-state index in [-0.39, 0.29) is 17.1 Å². The second kappa shape index (κ2) is 8.80. The largest absolute Gasteiger partial charge is 0.469 e. The zero-order chi connectivity index (χ0) is 22.7. The second-order valence-corrected chi connectivity index (χ2v) is 9.29. The summed E-state index contributed by atoms with van der Waals surface area (Å²) in [5, 5.41) is 0. The number of carbonyl (C=O) groups excluding carboxylic acids is 1. The van der Waals surface area contributed by atoms with E-state index in [1.54, 1.807) is 37.4 Å². The lowest BCUT2D eigenvalue weighted by molar-refractivity contribution is -0.139. The van der Waals surface area contributed by atoms with Crippen LogP contribution in [0.2, 0.25) is 0 Å². The van der Waals surface area contributed by atoms with Crippen molar-refractivity contribution in [3.63, 3.8) is 0 Å². The van der Waals surface area contributed by atoms with Crippen LogP contribution in [-0.4, -0.2) is 42.2 Å². The van der Waals surface area contributed by atoms with E-state index in [9.17, 15) is 13.2 Å². The van der Waals surface area contributed by atoms with E-state index in [0.717, 1.165) is 5.52 Å². The molecule has 0 saturated heterocycles. The van der Waals surface area contributed by atoms with Gasteiger partial charge in [-0.15, -0.1) is 0 Å². The van der Waals surface area contributed by atoms with Gasteiger partial charge in [-0.25, -0.2) is 13.4 Å². The third kappa shape index (κ3) is 4.47. The quantitative estimate of drug-likeness (QED) is 0.424. The number of H-pyrrole nitrogens is 1. The number of hydrogen-bond acceptors (Lipinski definition) is 7. The van der Waals surface area contributed by atoms with Crippen molar-refractivity contribution in [2.45, 2.75) is 18.2 Å². The summed E-state index contributed by atoms with van der Waals surface area (Å²) in [6, 6.07) is 15.2. The molecule has 0 aliphatic heterocycles. The highest BCUT2D eigenvalue weighted by atomic mass is 32.2. The number of hydrogen-bond donors (Lipinski definition) is 1. The lowest BCUT2D eigenvalue weighted by Crippen LogP contribution is -2.06. The number of nitrogens with one attached hydrogen (secondary N) is 1. The highest BCUT2D eigenvalue weighted by Gasteiger charge is 2.16. The second-order valence-electron chi connectivity index (χ2n) is 7.01. The molecule has 0 atom stereocenters. The van der Waals surface area contributed by atoms with Crippen LogP contribution in [0.15, 0.2) is 65.7 Å². The first-order valence-electron chi connectivity index (χ1n) is 9.91. The van der Waals surface area contributed by atoms with Gasteiger partial charge in [-0.2, -0.15) is 0 Å². The maximum atomic E-state index is 12.0. The summed E-state index contributed by atoms with van der Waals surface area (Å²) in [5.41, 5.74) is 2.65. The first kappa shape index (κ1) is 21.5. The number of esters is 1. The Morgan fingerprint density at radius 2 is 1.88 bits per heavy atom. The van der Waals surface area contributed by atoms with Crippen LogP contribution in [0.5, 0.6) is 11.5 Å². The fourth-order valence-electron chi connectivity index (χ4n) is 3.18. The zero-order valence-electron chi connectivity index (χ0n) is 17.5. The van der Waals surface area contributed by atoms with Crippen LogP contribution in [-0.2, 0) is 25.8 Å². The minimum Gasteiger partial charge on any atom is -0.469 e. The summed E-state index contributed by atoms with van der Waals surface area (Å²) in [4.78, 5) is 24.3. The number of carbonyl (C=O) groups is 1. The third-order valence-electron chi connectivity index (χ3n) is 4.92. The summed E-state index contributed by atoms with van der Waals surface area (Å²) < 4.78 is 34.9. The average molecular weight is 452 g/mol. The number of aromatic amines is 1. The van der Waals surface area contributed by atoms with Crippen LogP contribution in [0.4, 0.5) is 0 Å². The van der Waals surface area contributed by atoms with Crippen LogP contribution in [0.3, 0.4) is 0 Å². The maximum absolute atomic E-state index is 12.0. The number of methoxy groups -OCH3 is 1. The summed E-state index contributed by atoms with van der Waals surface area (Å²) in [6.07, 6.45) is 1.68. The molecule has 0 fully saturated rings. The maximum Gasteiger partial charge on any atom is 0.310 e. The van der Waals surface area contributed by atoms with Gasteiger partial charge in [0.25, 0.3) is 0 Å². The summed E-state index contributed by atoms with van der Waals surface area (Å²) in [5.74, 6) is 1.06. The van der Waals surface area contributed by atoms with Crippen molar-refractivity contribution < 1.29 is 22.7 Å². The Balaban J connectivity index is 1.72. The molecule has 2 aromatic heterocycles. The van der Waals surface area contributed by atoms with Crippen LogP contribution < -0.4 is 4.74 Å². The number of ether oxygens (including phenoxy) is 2. The van der Waals surface area contributed by atoms with E-state index in [1.807, 2.05) is 18.2 Å². The van der Waals surface area contributed by atoms with Crippen molar-refractivity contribution in [2.75, 3.05) is 12.9 Å². The number of imidazole rings is 1. The molecular weight excluding hydrogens is 430 g/mol. The number of aromatic nitrogens is 3. The molecule has 164 valence electrons. The van der Waals surface area contributed by atoms with Gasteiger partial charge in [0.1, 0.15) is 17.2 Å². The standard InChI is InChI=1S/C23H21N3O5S/c1-3-32(28,29)17-9-7-16(8-10-17)31-21-14-20-19(12-15(21)13-22(27)30-2)25-23(26-20)18-6-4-5-11-24-18/h4-12,14H,3,13H2,1-2H3,(H,25,26). The lowest BCUT2D eigenvalue weighted by Gasteiger charge is -2.11. The van der Waals surface area contributed by atoms with Gasteiger partial charge in [0.15, 0.2) is 15.7 Å². The van der Waals surface area contributed by atoms with Gasteiger partial charge in [-0.05, 0) is 42.5 Å². The average Bonchev–Trinajstić information content (AvgIpc) is 3.23. The van der Waals surface area contributed by atoms with E-state index >= 15 is 0 Å². The van der Waals surface area contributed by atoms with Crippen molar-refractivity contribution in [2.24, 2.45) is 0 Å². The smallest absolute Gasteiger partial charge is 0.310 e. The van der Waals surface area contributed by atoms with Crippen LogP contribution in [0.25, 0.3) is 22.6 Å². The molecule has 8 nitrogen and oxygen atoms in total. The van der Waals surface area contributed by atoms with Crippen LogP contribution in [0, 0.1) is 0 Å². The van der Waals surface area contributed by atoms with Gasteiger partial charge in [-0.3, -0.25) is 9.78 Å². The number of pyridine rings is 1. The monoisotopic (exact) mass is 451 g/mol. The number of benzene rings is 2. The molecule has 0 amide bonds. The van der Waals surface area contributed by atoms with E-state index in [0.29, 0.717) is 34.1 Å². The van der Waals surface area contributed by atoms with E-state index in [2.05, 4.69) is 15.0 Å². The fraction of sp³-hybridized carbons (Fsp3) is 0.174. The molecule has 0 unspecified atom stereocenters. The van der Waals surface area contributed by atoms with Gasteiger partial charge < -0.3 is 14.5 Å². The highest BCUT2D eigenvalue weighted by molar-refractivity contribution is 7.91. The molecule has 4 rings (SSSR count). The van der Waals surface area contributed by atoms with Crippen molar-refractivity contribution in [3.8, 4) is 23.0 Å². The van der Waals surface area contributed by atoms with Gasteiger partial charge in [0.05, 0.1) is 35.2 Å². The molecule has 0 aliphatic rings. The molecule has 32 heavy (non-hydrogen) atoms. The third-order valence-corrected chi connectivity index (χ3v) is 6.68. The minimum absolute atomic E-state index is 0.00200. The van der Waals surface area contributed by atoms with Gasteiger partial charge in [-0.1, -0.05) is 13.0 Å². The Kier molecular flexibility index (Phi) is 5.91. The van der Waals surface area contributed by atoms with Gasteiger partial charge >= 0.3 is 5.97 Å². The number of nitrogens with zero attached hydrogens (tertiary/aromatic N) is 2. The molecule has 0 aliphatic carbocycles. The number of fused-ring (bicyclic) bond motifs is 1. The molecule has 2 heterocycles. The zero-order valence-corrected chi connectivity index (χ0v) is 18.3. The highest BCUT2D eigenvalue weighted by Crippen LogP contribution is 2.31. The van der Waals surface area contributed by atoms with E-state index in [1.165, 1.54) is 19.2 Å². The molecule has 0 radical (unpaired) electrons. The molecule has 0 bridgehead atoms. The molecule has 4 aromatic rings. The van der Waals surface area contributed by atoms with Crippen molar-refractivity contribution in [1.82, 2.24) is 15.0 Å². The Morgan fingerprint density at radius 1 is 1.09 bits per heavy atom.